The van der Waals surface area contributed by atoms with Crippen molar-refractivity contribution in [3.8, 4) is 11.4 Å². The number of aryl methyl sites for hydroxylation is 2. The lowest BCUT2D eigenvalue weighted by molar-refractivity contribution is 0.000429. The van der Waals surface area contributed by atoms with Crippen LogP contribution in [0, 0.1) is 13.8 Å². The second-order valence-corrected chi connectivity index (χ2v) is 11.9. The van der Waals surface area contributed by atoms with Crippen molar-refractivity contribution in [1.82, 2.24) is 28.9 Å². The SMILES string of the molecule is Cc1cn2nc(-c3cc(=O)n4cc(N5CCN(C(=O)OC(C)(C)C)C(C)(C)C5)sc4n3)cc(C)c2n1. The third kappa shape index (κ3) is 4.43. The van der Waals surface area contributed by atoms with Crippen LogP contribution in [0.1, 0.15) is 45.9 Å². The zero-order valence-corrected chi connectivity index (χ0v) is 22.5. The lowest BCUT2D eigenvalue weighted by Gasteiger charge is -2.47. The largest absolute Gasteiger partial charge is 0.444 e. The van der Waals surface area contributed by atoms with Gasteiger partial charge in [-0.2, -0.15) is 5.10 Å². The molecule has 5 heterocycles. The Hall–Kier alpha value is -3.47. The Morgan fingerprint density at radius 2 is 1.83 bits per heavy atom. The number of hydrogen-bond acceptors (Lipinski definition) is 8. The second-order valence-electron chi connectivity index (χ2n) is 10.9. The first-order valence-corrected chi connectivity index (χ1v) is 12.8. The fourth-order valence-electron chi connectivity index (χ4n) is 4.54. The summed E-state index contributed by atoms with van der Waals surface area (Å²) in [5, 5.41) is 5.56. The van der Waals surface area contributed by atoms with Crippen molar-refractivity contribution in [2.24, 2.45) is 0 Å². The van der Waals surface area contributed by atoms with Gasteiger partial charge in [0.1, 0.15) is 16.3 Å². The molecule has 190 valence electrons. The van der Waals surface area contributed by atoms with Crippen LogP contribution in [0.15, 0.2) is 29.3 Å². The molecule has 1 amide bonds. The topological polar surface area (TPSA) is 97.3 Å². The lowest BCUT2D eigenvalue weighted by atomic mass is 9.99. The molecule has 0 radical (unpaired) electrons. The summed E-state index contributed by atoms with van der Waals surface area (Å²) < 4.78 is 8.92. The van der Waals surface area contributed by atoms with E-state index in [0.717, 1.165) is 21.9 Å². The van der Waals surface area contributed by atoms with Crippen molar-refractivity contribution in [3.63, 3.8) is 0 Å². The second kappa shape index (κ2) is 8.29. The lowest BCUT2D eigenvalue weighted by Crippen LogP contribution is -2.61. The van der Waals surface area contributed by atoms with E-state index in [0.29, 0.717) is 36.0 Å². The number of rotatable bonds is 2. The van der Waals surface area contributed by atoms with Gasteiger partial charge < -0.3 is 9.64 Å². The summed E-state index contributed by atoms with van der Waals surface area (Å²) in [7, 11) is 0. The van der Waals surface area contributed by atoms with Crippen LogP contribution in [0.3, 0.4) is 0 Å². The molecule has 1 saturated heterocycles. The van der Waals surface area contributed by atoms with Gasteiger partial charge in [0.2, 0.25) is 0 Å². The van der Waals surface area contributed by atoms with Crippen LogP contribution in [0.4, 0.5) is 9.80 Å². The van der Waals surface area contributed by atoms with Gasteiger partial charge in [-0.3, -0.25) is 14.1 Å². The highest BCUT2D eigenvalue weighted by molar-refractivity contribution is 7.20. The molecule has 11 heteroatoms. The van der Waals surface area contributed by atoms with Crippen molar-refractivity contribution in [2.75, 3.05) is 24.5 Å². The number of imidazole rings is 1. The van der Waals surface area contributed by atoms with E-state index in [4.69, 9.17) is 9.72 Å². The fourth-order valence-corrected chi connectivity index (χ4v) is 5.55. The average Bonchev–Trinajstić information content (AvgIpc) is 3.35. The summed E-state index contributed by atoms with van der Waals surface area (Å²) in [6.45, 7) is 15.3. The molecule has 36 heavy (non-hydrogen) atoms. The van der Waals surface area contributed by atoms with Crippen LogP contribution in [-0.4, -0.2) is 65.8 Å². The van der Waals surface area contributed by atoms with Gasteiger partial charge in [-0.1, -0.05) is 11.3 Å². The van der Waals surface area contributed by atoms with Gasteiger partial charge in [-0.25, -0.2) is 19.3 Å². The molecule has 4 aromatic heterocycles. The molecule has 1 aliphatic heterocycles. The van der Waals surface area contributed by atoms with Gasteiger partial charge in [0.25, 0.3) is 5.56 Å². The summed E-state index contributed by atoms with van der Waals surface area (Å²) in [6, 6.07) is 3.43. The summed E-state index contributed by atoms with van der Waals surface area (Å²) in [5.74, 6) is 0. The highest BCUT2D eigenvalue weighted by Crippen LogP contribution is 2.32. The first kappa shape index (κ1) is 24.2. The maximum Gasteiger partial charge on any atom is 0.410 e. The molecule has 0 saturated carbocycles. The molecule has 1 aliphatic rings. The van der Waals surface area contributed by atoms with E-state index >= 15 is 0 Å². The number of anilines is 1. The smallest absolute Gasteiger partial charge is 0.410 e. The van der Waals surface area contributed by atoms with Crippen LogP contribution in [0.5, 0.6) is 0 Å². The third-order valence-electron chi connectivity index (χ3n) is 6.17. The average molecular weight is 510 g/mol. The Morgan fingerprint density at radius 1 is 1.08 bits per heavy atom. The standard InChI is InChI=1S/C25H31N7O3S/c1-15-10-18(28-32-12-16(2)26-21(15)32)17-11-19(33)30-13-20(36-22(30)27-17)29-8-9-31(25(6,7)14-29)23(34)35-24(3,4)5/h10-13H,8-9,14H2,1-7H3. The summed E-state index contributed by atoms with van der Waals surface area (Å²) in [4.78, 5) is 39.6. The minimum atomic E-state index is -0.547. The zero-order chi connectivity index (χ0) is 26.0. The van der Waals surface area contributed by atoms with Crippen molar-refractivity contribution in [2.45, 2.75) is 59.6 Å². The van der Waals surface area contributed by atoms with Gasteiger partial charge in [0.15, 0.2) is 10.6 Å². The molecular weight excluding hydrogens is 478 g/mol. The van der Waals surface area contributed by atoms with Crippen LogP contribution >= 0.6 is 11.3 Å². The molecule has 0 spiro atoms. The number of aromatic nitrogens is 5. The normalized spacial score (nSPS) is 16.2. The number of piperazine rings is 1. The molecule has 10 nitrogen and oxygen atoms in total. The molecular formula is C25H31N7O3S. The number of ether oxygens (including phenoxy) is 1. The Balaban J connectivity index is 1.44. The predicted octanol–water partition coefficient (Wildman–Crippen LogP) is 3.92. The summed E-state index contributed by atoms with van der Waals surface area (Å²) in [5.41, 5.74) is 2.63. The summed E-state index contributed by atoms with van der Waals surface area (Å²) in [6.07, 6.45) is 3.39. The quantitative estimate of drug-likeness (QED) is 0.404. The minimum Gasteiger partial charge on any atom is -0.444 e. The first-order chi connectivity index (χ1) is 16.8. The highest BCUT2D eigenvalue weighted by atomic mass is 32.1. The Kier molecular flexibility index (Phi) is 5.58. The number of amides is 1. The van der Waals surface area contributed by atoms with Gasteiger partial charge in [0, 0.05) is 31.9 Å². The van der Waals surface area contributed by atoms with E-state index in [1.165, 1.54) is 17.4 Å². The first-order valence-electron chi connectivity index (χ1n) is 11.9. The Morgan fingerprint density at radius 3 is 2.53 bits per heavy atom. The van der Waals surface area contributed by atoms with Gasteiger partial charge in [-0.15, -0.1) is 0 Å². The van der Waals surface area contributed by atoms with Crippen molar-refractivity contribution in [1.29, 1.82) is 0 Å². The molecule has 0 unspecified atom stereocenters. The maximum absolute atomic E-state index is 13.0. The number of carbonyl (C=O) groups excluding carboxylic acids is 1. The monoisotopic (exact) mass is 509 g/mol. The van der Waals surface area contributed by atoms with Crippen molar-refractivity contribution in [3.05, 3.63) is 46.1 Å². The fraction of sp³-hybridized carbons (Fsp3) is 0.480. The van der Waals surface area contributed by atoms with E-state index in [1.54, 1.807) is 13.8 Å². The third-order valence-corrected chi connectivity index (χ3v) is 7.22. The van der Waals surface area contributed by atoms with Crippen LogP contribution in [0.2, 0.25) is 0 Å². The number of fused-ring (bicyclic) bond motifs is 2. The van der Waals surface area contributed by atoms with Gasteiger partial charge in [-0.05, 0) is 60.1 Å². The van der Waals surface area contributed by atoms with E-state index in [9.17, 15) is 9.59 Å². The summed E-state index contributed by atoms with van der Waals surface area (Å²) >= 11 is 1.46. The van der Waals surface area contributed by atoms with E-state index in [2.05, 4.69) is 15.0 Å². The van der Waals surface area contributed by atoms with E-state index in [1.807, 2.05) is 66.9 Å². The minimum absolute atomic E-state index is 0.162. The van der Waals surface area contributed by atoms with Gasteiger partial charge >= 0.3 is 6.09 Å². The van der Waals surface area contributed by atoms with Crippen LogP contribution < -0.4 is 10.5 Å². The molecule has 1 fully saturated rings. The predicted molar refractivity (Wildman–Crippen MR) is 140 cm³/mol. The van der Waals surface area contributed by atoms with Crippen LogP contribution in [-0.2, 0) is 4.74 Å². The van der Waals surface area contributed by atoms with Crippen LogP contribution in [0.25, 0.3) is 22.0 Å². The molecule has 0 aliphatic carbocycles. The number of carbonyl (C=O) groups is 1. The van der Waals surface area contributed by atoms with E-state index in [-0.39, 0.29) is 11.7 Å². The molecule has 0 bridgehead atoms. The molecule has 0 aromatic carbocycles. The van der Waals surface area contributed by atoms with E-state index < -0.39 is 11.1 Å². The molecule has 4 aromatic rings. The molecule has 5 rings (SSSR count). The number of thiazole rings is 1. The Bertz CT molecular complexity index is 1540. The number of nitrogens with zero attached hydrogens (tertiary/aromatic N) is 7. The number of hydrogen-bond donors (Lipinski definition) is 0. The highest BCUT2D eigenvalue weighted by Gasteiger charge is 2.39. The molecule has 0 atom stereocenters. The van der Waals surface area contributed by atoms with Gasteiger partial charge in [0.05, 0.1) is 23.1 Å². The van der Waals surface area contributed by atoms with Crippen molar-refractivity contribution < 1.29 is 9.53 Å². The Labute approximate surface area is 213 Å². The zero-order valence-electron chi connectivity index (χ0n) is 21.7. The molecule has 0 N–H and O–H groups in total. The maximum atomic E-state index is 13.0. The van der Waals surface area contributed by atoms with Crippen molar-refractivity contribution >= 4 is 33.0 Å².